The average molecular weight is 288 g/mol. The molecule has 1 aromatic heterocycles. The number of morpholine rings is 1. The second-order valence-electron chi connectivity index (χ2n) is 5.35. The molecular formula is C12H22ClN5O. The van der Waals surface area contributed by atoms with E-state index in [0.29, 0.717) is 5.02 Å². The molecule has 0 bridgehead atoms. The van der Waals surface area contributed by atoms with Crippen LogP contribution in [0.3, 0.4) is 0 Å². The number of nitrogens with zero attached hydrogens (tertiary/aromatic N) is 3. The molecule has 1 saturated heterocycles. The second-order valence-corrected chi connectivity index (χ2v) is 5.76. The van der Waals surface area contributed by atoms with Gasteiger partial charge >= 0.3 is 0 Å². The van der Waals surface area contributed by atoms with Crippen LogP contribution in [0.1, 0.15) is 25.6 Å². The van der Waals surface area contributed by atoms with Crippen molar-refractivity contribution in [2.75, 3.05) is 26.3 Å². The predicted octanol–water partition coefficient (Wildman–Crippen LogP) is 0.689. The maximum Gasteiger partial charge on any atom is 0.0835 e. The van der Waals surface area contributed by atoms with Gasteiger partial charge in [-0.2, -0.15) is 5.10 Å². The molecule has 0 radical (unpaired) electrons. The summed E-state index contributed by atoms with van der Waals surface area (Å²) in [6, 6.07) is -0.106. The zero-order valence-electron chi connectivity index (χ0n) is 11.7. The fourth-order valence-electron chi connectivity index (χ4n) is 2.68. The molecule has 0 amide bonds. The minimum Gasteiger partial charge on any atom is -0.379 e. The van der Waals surface area contributed by atoms with Crippen molar-refractivity contribution in [3.05, 3.63) is 16.9 Å². The molecule has 0 aliphatic carbocycles. The molecule has 2 heterocycles. The number of hydrazine groups is 1. The van der Waals surface area contributed by atoms with Crippen LogP contribution in [0.2, 0.25) is 5.02 Å². The Morgan fingerprint density at radius 1 is 1.47 bits per heavy atom. The molecule has 19 heavy (non-hydrogen) atoms. The molecule has 3 N–H and O–H groups in total. The van der Waals surface area contributed by atoms with Crippen LogP contribution in [0.25, 0.3) is 0 Å². The van der Waals surface area contributed by atoms with E-state index in [2.05, 4.69) is 29.3 Å². The maximum absolute atomic E-state index is 6.24. The van der Waals surface area contributed by atoms with Crippen molar-refractivity contribution in [3.63, 3.8) is 0 Å². The number of nitrogens with two attached hydrogens (primary N) is 1. The van der Waals surface area contributed by atoms with Crippen molar-refractivity contribution in [1.29, 1.82) is 0 Å². The van der Waals surface area contributed by atoms with E-state index in [1.807, 2.05) is 7.05 Å². The first kappa shape index (κ1) is 14.7. The van der Waals surface area contributed by atoms with Crippen LogP contribution < -0.4 is 11.3 Å². The van der Waals surface area contributed by atoms with E-state index in [9.17, 15) is 0 Å². The molecule has 0 spiro atoms. The summed E-state index contributed by atoms with van der Waals surface area (Å²) in [5, 5.41) is 4.82. The largest absolute Gasteiger partial charge is 0.379 e. The molecular weight excluding hydrogens is 266 g/mol. The first-order chi connectivity index (χ1) is 8.98. The van der Waals surface area contributed by atoms with Crippen LogP contribution in [0.4, 0.5) is 0 Å². The van der Waals surface area contributed by atoms with Gasteiger partial charge in [-0.25, -0.2) is 5.43 Å². The third-order valence-electron chi connectivity index (χ3n) is 3.91. The van der Waals surface area contributed by atoms with E-state index < -0.39 is 0 Å². The quantitative estimate of drug-likeness (QED) is 0.630. The van der Waals surface area contributed by atoms with Crippen LogP contribution in [-0.4, -0.2) is 46.5 Å². The fourth-order valence-corrected chi connectivity index (χ4v) is 2.96. The molecule has 108 valence electrons. The number of halogens is 1. The van der Waals surface area contributed by atoms with Crippen molar-refractivity contribution in [1.82, 2.24) is 20.1 Å². The zero-order chi connectivity index (χ0) is 14.0. The first-order valence-electron chi connectivity index (χ1n) is 6.44. The van der Waals surface area contributed by atoms with Gasteiger partial charge in [0.05, 0.1) is 36.2 Å². The van der Waals surface area contributed by atoms with Crippen LogP contribution in [-0.2, 0) is 11.8 Å². The minimum atomic E-state index is -0.185. The van der Waals surface area contributed by atoms with Gasteiger partial charge < -0.3 is 4.74 Å². The molecule has 6 nitrogen and oxygen atoms in total. The average Bonchev–Trinajstić information content (AvgIpc) is 2.72. The summed E-state index contributed by atoms with van der Waals surface area (Å²) in [6.45, 7) is 7.60. The van der Waals surface area contributed by atoms with Crippen molar-refractivity contribution in [3.8, 4) is 0 Å². The molecule has 1 atom stereocenters. The number of ether oxygens (including phenoxy) is 1. The predicted molar refractivity (Wildman–Crippen MR) is 74.8 cm³/mol. The normalized spacial score (nSPS) is 19.6. The van der Waals surface area contributed by atoms with Crippen LogP contribution in [0.15, 0.2) is 6.20 Å². The number of hydrogen-bond acceptors (Lipinski definition) is 5. The lowest BCUT2D eigenvalue weighted by Gasteiger charge is -2.45. The number of nitrogens with one attached hydrogen (secondary N) is 1. The molecule has 1 aromatic rings. The Bertz CT molecular complexity index is 408. The Morgan fingerprint density at radius 3 is 2.58 bits per heavy atom. The first-order valence-corrected chi connectivity index (χ1v) is 6.82. The van der Waals surface area contributed by atoms with E-state index in [4.69, 9.17) is 22.2 Å². The lowest BCUT2D eigenvalue weighted by molar-refractivity contribution is -0.0248. The Morgan fingerprint density at radius 2 is 2.11 bits per heavy atom. The van der Waals surface area contributed by atoms with Crippen molar-refractivity contribution in [2.45, 2.75) is 25.4 Å². The smallest absolute Gasteiger partial charge is 0.0835 e. The summed E-state index contributed by atoms with van der Waals surface area (Å²) in [6.07, 6.45) is 1.65. The van der Waals surface area contributed by atoms with E-state index in [0.717, 1.165) is 32.0 Å². The Hall–Kier alpha value is -0.660. The molecule has 0 saturated carbocycles. The van der Waals surface area contributed by atoms with Gasteiger partial charge in [-0.05, 0) is 13.8 Å². The highest BCUT2D eigenvalue weighted by Crippen LogP contribution is 2.34. The zero-order valence-corrected chi connectivity index (χ0v) is 12.4. The number of hydrogen-bond donors (Lipinski definition) is 2. The Labute approximate surface area is 118 Å². The van der Waals surface area contributed by atoms with Crippen molar-refractivity contribution < 1.29 is 4.74 Å². The van der Waals surface area contributed by atoms with E-state index in [-0.39, 0.29) is 11.6 Å². The van der Waals surface area contributed by atoms with E-state index >= 15 is 0 Å². The Kier molecular flexibility index (Phi) is 4.47. The highest BCUT2D eigenvalue weighted by atomic mass is 35.5. The minimum absolute atomic E-state index is 0.106. The summed E-state index contributed by atoms with van der Waals surface area (Å²) in [4.78, 5) is 2.37. The van der Waals surface area contributed by atoms with Gasteiger partial charge in [0.2, 0.25) is 0 Å². The third kappa shape index (κ3) is 2.78. The fraction of sp³-hybridized carbons (Fsp3) is 0.750. The highest BCUT2D eigenvalue weighted by Gasteiger charge is 2.39. The van der Waals surface area contributed by atoms with Crippen LogP contribution in [0.5, 0.6) is 0 Å². The van der Waals surface area contributed by atoms with E-state index in [1.165, 1.54) is 0 Å². The van der Waals surface area contributed by atoms with Gasteiger partial charge in [0.1, 0.15) is 0 Å². The van der Waals surface area contributed by atoms with E-state index in [1.54, 1.807) is 10.9 Å². The number of rotatable bonds is 4. The maximum atomic E-state index is 6.24. The van der Waals surface area contributed by atoms with Crippen LogP contribution >= 0.6 is 11.6 Å². The third-order valence-corrected chi connectivity index (χ3v) is 4.20. The van der Waals surface area contributed by atoms with Crippen LogP contribution in [0, 0.1) is 0 Å². The van der Waals surface area contributed by atoms with Gasteiger partial charge in [-0.3, -0.25) is 15.4 Å². The van der Waals surface area contributed by atoms with Gasteiger partial charge in [0.15, 0.2) is 0 Å². The molecule has 1 aliphatic heterocycles. The monoisotopic (exact) mass is 287 g/mol. The van der Waals surface area contributed by atoms with Gasteiger partial charge in [0, 0.05) is 25.7 Å². The lowest BCUT2D eigenvalue weighted by Crippen LogP contribution is -2.57. The van der Waals surface area contributed by atoms with Crippen molar-refractivity contribution >= 4 is 11.6 Å². The topological polar surface area (TPSA) is 68.3 Å². The molecule has 0 aromatic carbocycles. The summed E-state index contributed by atoms with van der Waals surface area (Å²) in [5.74, 6) is 5.79. The summed E-state index contributed by atoms with van der Waals surface area (Å²) in [7, 11) is 1.88. The molecule has 1 aliphatic rings. The van der Waals surface area contributed by atoms with Gasteiger partial charge in [-0.1, -0.05) is 11.6 Å². The molecule has 7 heteroatoms. The molecule has 1 fully saturated rings. The summed E-state index contributed by atoms with van der Waals surface area (Å²) in [5.41, 5.74) is 3.61. The van der Waals surface area contributed by atoms with Crippen molar-refractivity contribution in [2.24, 2.45) is 12.9 Å². The molecule has 1 unspecified atom stereocenters. The molecule has 2 rings (SSSR count). The lowest BCUT2D eigenvalue weighted by atomic mass is 9.89. The Balaban J connectivity index is 2.29. The number of aromatic nitrogens is 2. The highest BCUT2D eigenvalue weighted by molar-refractivity contribution is 6.31. The summed E-state index contributed by atoms with van der Waals surface area (Å²) >= 11 is 6.24. The summed E-state index contributed by atoms with van der Waals surface area (Å²) < 4.78 is 7.18. The van der Waals surface area contributed by atoms with Gasteiger partial charge in [0.25, 0.3) is 0 Å². The second kappa shape index (κ2) is 5.76. The standard InChI is InChI=1S/C12H22ClN5O/c1-12(2,18-4-6-19-7-5-18)11(16-14)10-9(13)8-15-17(10)3/h8,11,16H,4-7,14H2,1-3H3. The van der Waals surface area contributed by atoms with Gasteiger partial charge in [-0.15, -0.1) is 0 Å². The SMILES string of the molecule is Cn1ncc(Cl)c1C(NN)C(C)(C)N1CCOCC1. The number of aryl methyl sites for hydroxylation is 1.